The number of amides is 1. The standard InChI is InChI=1S/C17H26N2O/c1-13(2)9-17-11-18-16(12-19(17)14(3)20)10-15-7-5-4-6-8-15/h4-8,13,16-18H,9-12H2,1-3H3. The molecule has 1 aliphatic rings. The van der Waals surface area contributed by atoms with Crippen molar-refractivity contribution in [1.82, 2.24) is 10.2 Å². The highest BCUT2D eigenvalue weighted by molar-refractivity contribution is 5.73. The van der Waals surface area contributed by atoms with Gasteiger partial charge in [0.2, 0.25) is 5.91 Å². The Bertz CT molecular complexity index is 430. The SMILES string of the molecule is CC(=O)N1CC(Cc2ccccc2)NCC1CC(C)C. The molecule has 1 amide bonds. The number of carbonyl (C=O) groups is 1. The fraction of sp³-hybridized carbons (Fsp3) is 0.588. The highest BCUT2D eigenvalue weighted by Crippen LogP contribution is 2.17. The molecule has 1 fully saturated rings. The van der Waals surface area contributed by atoms with Crippen molar-refractivity contribution >= 4 is 5.91 Å². The molecule has 0 radical (unpaired) electrons. The second kappa shape index (κ2) is 6.89. The number of hydrogen-bond acceptors (Lipinski definition) is 2. The van der Waals surface area contributed by atoms with E-state index in [1.54, 1.807) is 6.92 Å². The Morgan fingerprint density at radius 1 is 1.35 bits per heavy atom. The van der Waals surface area contributed by atoms with Crippen LogP contribution in [0, 0.1) is 5.92 Å². The molecule has 1 N–H and O–H groups in total. The van der Waals surface area contributed by atoms with Crippen molar-refractivity contribution in [2.45, 2.75) is 45.7 Å². The van der Waals surface area contributed by atoms with Crippen LogP contribution >= 0.6 is 0 Å². The van der Waals surface area contributed by atoms with Gasteiger partial charge >= 0.3 is 0 Å². The zero-order chi connectivity index (χ0) is 14.5. The zero-order valence-electron chi connectivity index (χ0n) is 12.8. The molecule has 110 valence electrons. The average Bonchev–Trinajstić information content (AvgIpc) is 2.41. The highest BCUT2D eigenvalue weighted by atomic mass is 16.2. The lowest BCUT2D eigenvalue weighted by atomic mass is 9.96. The van der Waals surface area contributed by atoms with Crippen molar-refractivity contribution in [1.29, 1.82) is 0 Å². The summed E-state index contributed by atoms with van der Waals surface area (Å²) in [7, 11) is 0. The Balaban J connectivity index is 1.97. The minimum atomic E-state index is 0.204. The Morgan fingerprint density at radius 2 is 2.05 bits per heavy atom. The molecular weight excluding hydrogens is 248 g/mol. The Morgan fingerprint density at radius 3 is 2.65 bits per heavy atom. The van der Waals surface area contributed by atoms with Gasteiger partial charge in [-0.3, -0.25) is 4.79 Å². The van der Waals surface area contributed by atoms with Gasteiger partial charge in [0.1, 0.15) is 0 Å². The number of carbonyl (C=O) groups excluding carboxylic acids is 1. The summed E-state index contributed by atoms with van der Waals surface area (Å²) in [6, 6.07) is 11.2. The Hall–Kier alpha value is -1.35. The first-order chi connectivity index (χ1) is 9.56. The van der Waals surface area contributed by atoms with E-state index in [1.165, 1.54) is 5.56 Å². The molecule has 2 rings (SSSR count). The second-order valence-corrected chi connectivity index (χ2v) is 6.25. The molecule has 2 atom stereocenters. The number of nitrogens with one attached hydrogen (secondary N) is 1. The van der Waals surface area contributed by atoms with Crippen LogP contribution in [0.25, 0.3) is 0 Å². The molecule has 0 spiro atoms. The third-order valence-corrected chi connectivity index (χ3v) is 3.97. The summed E-state index contributed by atoms with van der Waals surface area (Å²) < 4.78 is 0. The van der Waals surface area contributed by atoms with E-state index in [0.717, 1.165) is 25.9 Å². The number of piperazine rings is 1. The van der Waals surface area contributed by atoms with Gasteiger partial charge in [0.25, 0.3) is 0 Å². The zero-order valence-corrected chi connectivity index (χ0v) is 12.8. The minimum Gasteiger partial charge on any atom is -0.337 e. The lowest BCUT2D eigenvalue weighted by Crippen LogP contribution is -2.58. The summed E-state index contributed by atoms with van der Waals surface area (Å²) >= 11 is 0. The summed E-state index contributed by atoms with van der Waals surface area (Å²) in [5.74, 6) is 0.824. The molecule has 3 heteroatoms. The first-order valence-electron chi connectivity index (χ1n) is 7.60. The van der Waals surface area contributed by atoms with Crippen LogP contribution in [-0.4, -0.2) is 36.0 Å². The smallest absolute Gasteiger partial charge is 0.219 e. The largest absolute Gasteiger partial charge is 0.337 e. The molecule has 0 aromatic heterocycles. The lowest BCUT2D eigenvalue weighted by Gasteiger charge is -2.41. The molecule has 0 aliphatic carbocycles. The van der Waals surface area contributed by atoms with Crippen LogP contribution in [0.4, 0.5) is 0 Å². The maximum absolute atomic E-state index is 11.9. The van der Waals surface area contributed by atoms with Crippen molar-refractivity contribution in [2.75, 3.05) is 13.1 Å². The maximum Gasteiger partial charge on any atom is 0.219 e. The van der Waals surface area contributed by atoms with Gasteiger partial charge in [-0.25, -0.2) is 0 Å². The molecule has 2 unspecified atom stereocenters. The predicted octanol–water partition coefficient (Wildman–Crippen LogP) is 2.46. The first kappa shape index (κ1) is 15.0. The van der Waals surface area contributed by atoms with Crippen molar-refractivity contribution in [3.8, 4) is 0 Å². The molecule has 1 aliphatic heterocycles. The Kier molecular flexibility index (Phi) is 5.18. The van der Waals surface area contributed by atoms with Crippen molar-refractivity contribution in [3.05, 3.63) is 35.9 Å². The van der Waals surface area contributed by atoms with Gasteiger partial charge in [-0.1, -0.05) is 44.2 Å². The molecule has 0 saturated carbocycles. The van der Waals surface area contributed by atoms with E-state index in [-0.39, 0.29) is 5.91 Å². The molecule has 0 bridgehead atoms. The van der Waals surface area contributed by atoms with Crippen molar-refractivity contribution < 1.29 is 4.79 Å². The van der Waals surface area contributed by atoms with Crippen LogP contribution in [0.3, 0.4) is 0 Å². The average molecular weight is 274 g/mol. The summed E-state index contributed by atoms with van der Waals surface area (Å²) in [4.78, 5) is 13.9. The van der Waals surface area contributed by atoms with E-state index < -0.39 is 0 Å². The van der Waals surface area contributed by atoms with Gasteiger partial charge < -0.3 is 10.2 Å². The van der Waals surface area contributed by atoms with Crippen LogP contribution in [0.5, 0.6) is 0 Å². The van der Waals surface area contributed by atoms with Crippen LogP contribution in [-0.2, 0) is 11.2 Å². The fourth-order valence-corrected chi connectivity index (χ4v) is 3.04. The Labute approximate surface area is 122 Å². The second-order valence-electron chi connectivity index (χ2n) is 6.25. The molecule has 1 heterocycles. The number of hydrogen-bond donors (Lipinski definition) is 1. The molecule has 1 aromatic rings. The van der Waals surface area contributed by atoms with E-state index in [4.69, 9.17) is 0 Å². The van der Waals surface area contributed by atoms with Crippen molar-refractivity contribution in [3.63, 3.8) is 0 Å². The number of rotatable bonds is 4. The quantitative estimate of drug-likeness (QED) is 0.915. The van der Waals surface area contributed by atoms with E-state index in [9.17, 15) is 4.79 Å². The van der Waals surface area contributed by atoms with Crippen LogP contribution in [0.2, 0.25) is 0 Å². The third kappa shape index (κ3) is 4.07. The predicted molar refractivity (Wildman–Crippen MR) is 82.6 cm³/mol. The molecule has 1 aromatic carbocycles. The maximum atomic E-state index is 11.9. The fourth-order valence-electron chi connectivity index (χ4n) is 3.04. The van der Waals surface area contributed by atoms with E-state index in [0.29, 0.717) is 18.0 Å². The third-order valence-electron chi connectivity index (χ3n) is 3.97. The van der Waals surface area contributed by atoms with Gasteiger partial charge in [-0.15, -0.1) is 0 Å². The van der Waals surface area contributed by atoms with Crippen LogP contribution in [0.15, 0.2) is 30.3 Å². The number of benzene rings is 1. The minimum absolute atomic E-state index is 0.204. The highest BCUT2D eigenvalue weighted by Gasteiger charge is 2.29. The van der Waals surface area contributed by atoms with E-state index >= 15 is 0 Å². The van der Waals surface area contributed by atoms with E-state index in [1.807, 2.05) is 6.07 Å². The normalized spacial score (nSPS) is 23.1. The van der Waals surface area contributed by atoms with Crippen LogP contribution in [0.1, 0.15) is 32.8 Å². The molecule has 3 nitrogen and oxygen atoms in total. The topological polar surface area (TPSA) is 32.3 Å². The number of nitrogens with zero attached hydrogens (tertiary/aromatic N) is 1. The van der Waals surface area contributed by atoms with Gasteiger partial charge in [0.15, 0.2) is 0 Å². The van der Waals surface area contributed by atoms with Gasteiger partial charge in [-0.05, 0) is 24.3 Å². The summed E-state index contributed by atoms with van der Waals surface area (Å²) in [6.45, 7) is 7.86. The molecule has 20 heavy (non-hydrogen) atoms. The van der Waals surface area contributed by atoms with Gasteiger partial charge in [0, 0.05) is 32.1 Å². The molecule has 1 saturated heterocycles. The summed E-state index contributed by atoms with van der Waals surface area (Å²) in [6.07, 6.45) is 2.06. The van der Waals surface area contributed by atoms with Crippen molar-refractivity contribution in [2.24, 2.45) is 5.92 Å². The van der Waals surface area contributed by atoms with Crippen LogP contribution < -0.4 is 5.32 Å². The molecular formula is C17H26N2O. The lowest BCUT2D eigenvalue weighted by molar-refractivity contribution is -0.133. The first-order valence-corrected chi connectivity index (χ1v) is 7.60. The van der Waals surface area contributed by atoms with E-state index in [2.05, 4.69) is 48.3 Å². The summed E-state index contributed by atoms with van der Waals surface area (Å²) in [5, 5.41) is 3.61. The van der Waals surface area contributed by atoms with Gasteiger partial charge in [0.05, 0.1) is 0 Å². The monoisotopic (exact) mass is 274 g/mol. The summed E-state index contributed by atoms with van der Waals surface area (Å²) in [5.41, 5.74) is 1.33. The van der Waals surface area contributed by atoms with Gasteiger partial charge in [-0.2, -0.15) is 0 Å².